The summed E-state index contributed by atoms with van der Waals surface area (Å²) >= 11 is 0. The van der Waals surface area contributed by atoms with E-state index in [0.717, 1.165) is 12.1 Å². The van der Waals surface area contributed by atoms with E-state index in [1.54, 1.807) is 0 Å². The number of rotatable bonds is 3. The van der Waals surface area contributed by atoms with Crippen molar-refractivity contribution < 1.29 is 32.9 Å². The second kappa shape index (κ2) is 9.22. The molecule has 0 bridgehead atoms. The fourth-order valence-corrected chi connectivity index (χ4v) is 42.1. The Kier molecular flexibility index (Phi) is 8.50. The molecule has 2 aliphatic heterocycles. The van der Waals surface area contributed by atoms with E-state index in [1.807, 2.05) is 13.1 Å². The fourth-order valence-electron chi connectivity index (χ4n) is 4.35. The molecule has 0 aliphatic carbocycles. The van der Waals surface area contributed by atoms with E-state index in [0.29, 0.717) is 0 Å². The zero-order valence-electron chi connectivity index (χ0n) is 20.7. The monoisotopic (exact) mass is 560 g/mol. The van der Waals surface area contributed by atoms with Gasteiger partial charge in [0.1, 0.15) is 0 Å². The van der Waals surface area contributed by atoms with Crippen molar-refractivity contribution in [3.05, 3.63) is 0 Å². The molecule has 0 saturated carbocycles. The highest BCUT2D eigenvalue weighted by Gasteiger charge is 2.53. The molecule has 30 heavy (non-hydrogen) atoms. The van der Waals surface area contributed by atoms with Crippen molar-refractivity contribution in [2.75, 3.05) is 0 Å². The van der Waals surface area contributed by atoms with Crippen LogP contribution in [0.3, 0.4) is 0 Å². The largest absolute Gasteiger partial charge is 0.416 e. The van der Waals surface area contributed by atoms with Gasteiger partial charge in [0, 0.05) is 0 Å². The molecule has 0 aromatic rings. The van der Waals surface area contributed by atoms with E-state index >= 15 is 0 Å². The lowest BCUT2D eigenvalue weighted by atomic mass is 10.9. The second-order valence-corrected chi connectivity index (χ2v) is 35.4. The Balaban J connectivity index is 2.17. The summed E-state index contributed by atoms with van der Waals surface area (Å²) in [5, 5.41) is 0. The van der Waals surface area contributed by atoms with Crippen LogP contribution in [0.5, 0.6) is 0 Å². The molecule has 176 valence electrons. The Hall–Kier alpha value is 1.42. The first-order chi connectivity index (χ1) is 13.2. The zero-order chi connectivity index (χ0) is 23.2. The molecule has 0 N–H and O–H groups in total. The van der Waals surface area contributed by atoms with Gasteiger partial charge in [0.05, 0.1) is 0 Å². The van der Waals surface area contributed by atoms with Crippen LogP contribution >= 0.6 is 0 Å². The SMILES string of the molecule is C[Si]1O[Si](C)(C)O[Si](C)(C)O[Si](C)(CC[Si]2(C)O[Si](C)O[Si](C)(C)O[Si](C)(C)O2)O1. The highest BCUT2D eigenvalue weighted by atomic mass is 28.5. The first kappa shape index (κ1) is 27.7. The van der Waals surface area contributed by atoms with Gasteiger partial charge in [-0.15, -0.1) is 0 Å². The fraction of sp³-hybridized carbons (Fsp3) is 1.00. The maximum Gasteiger partial charge on any atom is 0.362 e. The van der Waals surface area contributed by atoms with Crippen LogP contribution in [0.1, 0.15) is 0 Å². The van der Waals surface area contributed by atoms with Gasteiger partial charge >= 0.3 is 69.9 Å². The van der Waals surface area contributed by atoms with E-state index in [-0.39, 0.29) is 0 Å². The minimum Gasteiger partial charge on any atom is -0.416 e. The van der Waals surface area contributed by atoms with Gasteiger partial charge in [-0.1, -0.05) is 0 Å². The molecule has 0 aromatic heterocycles. The van der Waals surface area contributed by atoms with Crippen LogP contribution in [-0.2, 0) is 32.9 Å². The smallest absolute Gasteiger partial charge is 0.362 e. The Morgan fingerprint density at radius 2 is 0.733 bits per heavy atom. The molecule has 2 rings (SSSR count). The molecule has 2 saturated heterocycles. The second-order valence-electron chi connectivity index (χ2n) is 10.2. The molecule has 2 aliphatic rings. The van der Waals surface area contributed by atoms with E-state index < -0.39 is 69.9 Å². The van der Waals surface area contributed by atoms with Crippen molar-refractivity contribution in [1.29, 1.82) is 0 Å². The summed E-state index contributed by atoms with van der Waals surface area (Å²) in [7, 11) is -17.2. The van der Waals surface area contributed by atoms with Crippen molar-refractivity contribution in [2.24, 2.45) is 0 Å². The van der Waals surface area contributed by atoms with E-state index in [2.05, 4.69) is 65.5 Å². The standard InChI is InChI=1S/C14H40O8Si8/c1-23-15-25(3,4)19-27(7,8)21-29(11,17-23)13-14-30(12)18-24(2)16-26(5,6)20-28(9,10)22-30/h13-14H2,1-12H3. The van der Waals surface area contributed by atoms with Crippen LogP contribution in [0.25, 0.3) is 0 Å². The lowest BCUT2D eigenvalue weighted by molar-refractivity contribution is 0.237. The Morgan fingerprint density at radius 1 is 0.433 bits per heavy atom. The third-order valence-corrected chi connectivity index (χ3v) is 34.5. The van der Waals surface area contributed by atoms with Gasteiger partial charge in [0.2, 0.25) is 0 Å². The van der Waals surface area contributed by atoms with Crippen molar-refractivity contribution in [1.82, 2.24) is 0 Å². The summed E-state index contributed by atoms with van der Waals surface area (Å²) in [5.74, 6) is 0. The van der Waals surface area contributed by atoms with Crippen LogP contribution in [-0.4, -0.2) is 69.9 Å². The van der Waals surface area contributed by atoms with Gasteiger partial charge in [0.15, 0.2) is 0 Å². The normalized spacial score (nSPS) is 37.6. The first-order valence-corrected chi connectivity index (χ1v) is 30.4. The number of hydrogen-bond acceptors (Lipinski definition) is 8. The van der Waals surface area contributed by atoms with Crippen LogP contribution in [0, 0.1) is 0 Å². The average molecular weight is 561 g/mol. The van der Waals surface area contributed by atoms with Crippen LogP contribution in [0.4, 0.5) is 0 Å². The lowest BCUT2D eigenvalue weighted by Crippen LogP contribution is -2.63. The topological polar surface area (TPSA) is 73.8 Å². The maximum absolute atomic E-state index is 6.66. The molecule has 2 heterocycles. The molecular weight excluding hydrogens is 521 g/mol. The van der Waals surface area contributed by atoms with Gasteiger partial charge in [-0.2, -0.15) is 0 Å². The molecule has 2 atom stereocenters. The van der Waals surface area contributed by atoms with E-state index in [9.17, 15) is 0 Å². The Morgan fingerprint density at radius 3 is 1.03 bits per heavy atom. The minimum absolute atomic E-state index is 0.781. The summed E-state index contributed by atoms with van der Waals surface area (Å²) in [6.07, 6.45) is 0. The van der Waals surface area contributed by atoms with Gasteiger partial charge in [-0.3, -0.25) is 0 Å². The molecule has 2 radical (unpaired) electrons. The van der Waals surface area contributed by atoms with Crippen LogP contribution in [0.15, 0.2) is 0 Å². The summed E-state index contributed by atoms with van der Waals surface area (Å²) in [6, 6.07) is 1.56. The van der Waals surface area contributed by atoms with Crippen molar-refractivity contribution >= 4 is 69.9 Å². The third kappa shape index (κ3) is 8.64. The first-order valence-electron chi connectivity index (χ1n) is 10.5. The molecule has 0 spiro atoms. The highest BCUT2D eigenvalue weighted by molar-refractivity contribution is 6.92. The highest BCUT2D eigenvalue weighted by Crippen LogP contribution is 2.34. The maximum atomic E-state index is 6.66. The van der Waals surface area contributed by atoms with Crippen LogP contribution < -0.4 is 0 Å². The average Bonchev–Trinajstić information content (AvgIpc) is 2.36. The predicted octanol–water partition coefficient (Wildman–Crippen LogP) is 4.33. The van der Waals surface area contributed by atoms with Crippen LogP contribution in [0.2, 0.25) is 90.7 Å². The van der Waals surface area contributed by atoms with Gasteiger partial charge in [-0.25, -0.2) is 0 Å². The van der Waals surface area contributed by atoms with Crippen molar-refractivity contribution in [3.8, 4) is 0 Å². The summed E-state index contributed by atoms with van der Waals surface area (Å²) in [4.78, 5) is 0. The lowest BCUT2D eigenvalue weighted by Gasteiger charge is -2.46. The van der Waals surface area contributed by atoms with Gasteiger partial charge < -0.3 is 32.9 Å². The summed E-state index contributed by atoms with van der Waals surface area (Å²) in [6.45, 7) is 25.0. The summed E-state index contributed by atoms with van der Waals surface area (Å²) in [5.41, 5.74) is 0. The molecule has 0 aromatic carbocycles. The summed E-state index contributed by atoms with van der Waals surface area (Å²) < 4.78 is 51.6. The molecule has 2 fully saturated rings. The minimum atomic E-state index is -2.53. The Bertz CT molecular complexity index is 571. The van der Waals surface area contributed by atoms with Gasteiger partial charge in [0.25, 0.3) is 0 Å². The third-order valence-electron chi connectivity index (χ3n) is 4.44. The molecule has 8 nitrogen and oxygen atoms in total. The van der Waals surface area contributed by atoms with Gasteiger partial charge in [-0.05, 0) is 90.7 Å². The Labute approximate surface area is 193 Å². The van der Waals surface area contributed by atoms with Crippen molar-refractivity contribution in [3.63, 3.8) is 0 Å². The van der Waals surface area contributed by atoms with Crippen molar-refractivity contribution in [2.45, 2.75) is 90.7 Å². The molecule has 16 heteroatoms. The zero-order valence-corrected chi connectivity index (χ0v) is 28.7. The predicted molar refractivity (Wildman–Crippen MR) is 135 cm³/mol. The molecular formula is C14H40O8Si8. The molecule has 2 unspecified atom stereocenters. The molecule has 0 amide bonds. The quantitative estimate of drug-likeness (QED) is 0.472. The van der Waals surface area contributed by atoms with E-state index in [1.165, 1.54) is 0 Å². The van der Waals surface area contributed by atoms with E-state index in [4.69, 9.17) is 32.9 Å². The number of hydrogen-bond donors (Lipinski definition) is 0.